The largest absolute Gasteiger partial charge is 0.372 e. The molecule has 0 bridgehead atoms. The zero-order chi connectivity index (χ0) is 12.0. The molecule has 0 aliphatic heterocycles. The first kappa shape index (κ1) is 13.0. The summed E-state index contributed by atoms with van der Waals surface area (Å²) >= 11 is 0. The molecule has 2 heteroatoms. The summed E-state index contributed by atoms with van der Waals surface area (Å²) in [4.78, 5) is 2.42. The highest BCUT2D eigenvalue weighted by Crippen LogP contribution is 2.18. The van der Waals surface area contributed by atoms with Gasteiger partial charge in [0, 0.05) is 25.3 Å². The minimum Gasteiger partial charge on any atom is -0.372 e. The molecule has 0 saturated carbocycles. The molecule has 0 radical (unpaired) electrons. The van der Waals surface area contributed by atoms with Gasteiger partial charge in [-0.1, -0.05) is 32.4 Å². The van der Waals surface area contributed by atoms with E-state index in [1.807, 2.05) is 0 Å². The van der Waals surface area contributed by atoms with E-state index in [4.69, 9.17) is 5.73 Å². The highest BCUT2D eigenvalue weighted by atomic mass is 15.1. The van der Waals surface area contributed by atoms with Crippen LogP contribution in [0.25, 0.3) is 0 Å². The van der Waals surface area contributed by atoms with Crippen LogP contribution in [-0.4, -0.2) is 13.1 Å². The second kappa shape index (κ2) is 6.54. The minimum atomic E-state index is 0.620. The number of anilines is 1. The van der Waals surface area contributed by atoms with E-state index in [9.17, 15) is 0 Å². The van der Waals surface area contributed by atoms with Crippen molar-refractivity contribution < 1.29 is 0 Å². The van der Waals surface area contributed by atoms with E-state index in [-0.39, 0.29) is 0 Å². The molecule has 0 heterocycles. The van der Waals surface area contributed by atoms with Crippen LogP contribution in [0.15, 0.2) is 24.3 Å². The third kappa shape index (κ3) is 3.53. The molecule has 0 spiro atoms. The number of hydrogen-bond acceptors (Lipinski definition) is 2. The topological polar surface area (TPSA) is 29.3 Å². The lowest BCUT2D eigenvalue weighted by Gasteiger charge is -2.26. The first-order valence-electron chi connectivity index (χ1n) is 6.25. The van der Waals surface area contributed by atoms with Gasteiger partial charge in [-0.3, -0.25) is 0 Å². The molecule has 2 N–H and O–H groups in total. The summed E-state index contributed by atoms with van der Waals surface area (Å²) in [5.41, 5.74) is 8.17. The van der Waals surface area contributed by atoms with Crippen LogP contribution < -0.4 is 10.6 Å². The SMILES string of the molecule is CCC(C)CN(CC)c1cccc(CN)c1. The summed E-state index contributed by atoms with van der Waals surface area (Å²) in [5, 5.41) is 0. The Balaban J connectivity index is 2.77. The zero-order valence-corrected chi connectivity index (χ0v) is 10.7. The van der Waals surface area contributed by atoms with Crippen molar-refractivity contribution in [3.63, 3.8) is 0 Å². The highest BCUT2D eigenvalue weighted by molar-refractivity contribution is 5.48. The van der Waals surface area contributed by atoms with Gasteiger partial charge in [-0.05, 0) is 30.5 Å². The first-order chi connectivity index (χ1) is 7.71. The maximum absolute atomic E-state index is 5.67. The molecule has 1 aromatic rings. The maximum Gasteiger partial charge on any atom is 0.0369 e. The van der Waals surface area contributed by atoms with Crippen molar-refractivity contribution >= 4 is 5.69 Å². The molecule has 90 valence electrons. The standard InChI is InChI=1S/C14H24N2/c1-4-12(3)11-16(5-2)14-8-6-7-13(9-14)10-15/h6-9,12H,4-5,10-11,15H2,1-3H3. The molecule has 0 amide bonds. The van der Waals surface area contributed by atoms with Gasteiger partial charge in [-0.2, -0.15) is 0 Å². The Kier molecular flexibility index (Phi) is 5.33. The van der Waals surface area contributed by atoms with E-state index in [2.05, 4.69) is 49.9 Å². The minimum absolute atomic E-state index is 0.620. The molecule has 1 atom stereocenters. The molecule has 0 aliphatic rings. The van der Waals surface area contributed by atoms with Gasteiger partial charge in [0.1, 0.15) is 0 Å². The van der Waals surface area contributed by atoms with E-state index in [0.29, 0.717) is 6.54 Å². The van der Waals surface area contributed by atoms with Crippen LogP contribution in [0, 0.1) is 5.92 Å². The Labute approximate surface area is 99.5 Å². The molecular formula is C14H24N2. The van der Waals surface area contributed by atoms with Crippen molar-refractivity contribution in [1.29, 1.82) is 0 Å². The molecule has 0 aromatic heterocycles. The van der Waals surface area contributed by atoms with E-state index in [1.165, 1.54) is 17.7 Å². The van der Waals surface area contributed by atoms with Gasteiger partial charge in [0.05, 0.1) is 0 Å². The van der Waals surface area contributed by atoms with Gasteiger partial charge in [-0.25, -0.2) is 0 Å². The number of hydrogen-bond donors (Lipinski definition) is 1. The maximum atomic E-state index is 5.67. The summed E-state index contributed by atoms with van der Waals surface area (Å²) in [7, 11) is 0. The van der Waals surface area contributed by atoms with Crippen LogP contribution in [0.3, 0.4) is 0 Å². The molecule has 1 rings (SSSR count). The monoisotopic (exact) mass is 220 g/mol. The van der Waals surface area contributed by atoms with E-state index < -0.39 is 0 Å². The summed E-state index contributed by atoms with van der Waals surface area (Å²) in [5.74, 6) is 0.737. The fourth-order valence-corrected chi connectivity index (χ4v) is 1.80. The normalized spacial score (nSPS) is 12.5. The zero-order valence-electron chi connectivity index (χ0n) is 10.7. The molecule has 0 aliphatic carbocycles. The van der Waals surface area contributed by atoms with E-state index >= 15 is 0 Å². The van der Waals surface area contributed by atoms with Gasteiger partial charge in [0.15, 0.2) is 0 Å². The second-order valence-electron chi connectivity index (χ2n) is 4.43. The summed E-state index contributed by atoms with van der Waals surface area (Å²) in [6.45, 7) is 9.55. The predicted molar refractivity (Wildman–Crippen MR) is 71.7 cm³/mol. The number of rotatable bonds is 6. The van der Waals surface area contributed by atoms with Crippen molar-refractivity contribution in [3.05, 3.63) is 29.8 Å². The van der Waals surface area contributed by atoms with Crippen molar-refractivity contribution in [2.24, 2.45) is 11.7 Å². The van der Waals surface area contributed by atoms with Crippen LogP contribution in [0.1, 0.15) is 32.8 Å². The van der Waals surface area contributed by atoms with Gasteiger partial charge >= 0.3 is 0 Å². The first-order valence-corrected chi connectivity index (χ1v) is 6.25. The average Bonchev–Trinajstić information content (AvgIpc) is 2.35. The smallest absolute Gasteiger partial charge is 0.0369 e. The Bertz CT molecular complexity index is 309. The lowest BCUT2D eigenvalue weighted by molar-refractivity contribution is 0.548. The third-order valence-corrected chi connectivity index (χ3v) is 3.12. The quantitative estimate of drug-likeness (QED) is 0.798. The fourth-order valence-electron chi connectivity index (χ4n) is 1.80. The second-order valence-corrected chi connectivity index (χ2v) is 4.43. The average molecular weight is 220 g/mol. The van der Waals surface area contributed by atoms with E-state index in [0.717, 1.165) is 19.0 Å². The molecule has 1 aromatic carbocycles. The van der Waals surface area contributed by atoms with Crippen molar-refractivity contribution in [2.45, 2.75) is 33.7 Å². The van der Waals surface area contributed by atoms with Crippen LogP contribution in [0.4, 0.5) is 5.69 Å². The Morgan fingerprint density at radius 3 is 2.62 bits per heavy atom. The molecule has 0 saturated heterocycles. The Hall–Kier alpha value is -1.02. The lowest BCUT2D eigenvalue weighted by atomic mass is 10.1. The predicted octanol–water partition coefficient (Wildman–Crippen LogP) is 3.02. The molecule has 2 nitrogen and oxygen atoms in total. The Morgan fingerprint density at radius 1 is 1.31 bits per heavy atom. The van der Waals surface area contributed by atoms with Gasteiger partial charge in [0.2, 0.25) is 0 Å². The van der Waals surface area contributed by atoms with Crippen LogP contribution in [0.2, 0.25) is 0 Å². The van der Waals surface area contributed by atoms with Crippen molar-refractivity contribution in [2.75, 3.05) is 18.0 Å². The summed E-state index contributed by atoms with van der Waals surface area (Å²) in [6, 6.07) is 8.55. The molecular weight excluding hydrogens is 196 g/mol. The van der Waals surface area contributed by atoms with Crippen molar-refractivity contribution in [1.82, 2.24) is 0 Å². The molecule has 0 fully saturated rings. The molecule has 1 unspecified atom stereocenters. The van der Waals surface area contributed by atoms with Crippen LogP contribution in [0.5, 0.6) is 0 Å². The lowest BCUT2D eigenvalue weighted by Crippen LogP contribution is -2.28. The number of nitrogens with two attached hydrogens (primary N) is 1. The third-order valence-electron chi connectivity index (χ3n) is 3.12. The summed E-state index contributed by atoms with van der Waals surface area (Å²) < 4.78 is 0. The van der Waals surface area contributed by atoms with Gasteiger partial charge in [-0.15, -0.1) is 0 Å². The summed E-state index contributed by atoms with van der Waals surface area (Å²) in [6.07, 6.45) is 1.23. The van der Waals surface area contributed by atoms with Gasteiger partial charge in [0.25, 0.3) is 0 Å². The van der Waals surface area contributed by atoms with Crippen LogP contribution >= 0.6 is 0 Å². The highest BCUT2D eigenvalue weighted by Gasteiger charge is 2.08. The molecule has 16 heavy (non-hydrogen) atoms. The van der Waals surface area contributed by atoms with Crippen molar-refractivity contribution in [3.8, 4) is 0 Å². The van der Waals surface area contributed by atoms with Gasteiger partial charge < -0.3 is 10.6 Å². The van der Waals surface area contributed by atoms with Crippen LogP contribution in [-0.2, 0) is 6.54 Å². The Morgan fingerprint density at radius 2 is 2.06 bits per heavy atom. The van der Waals surface area contributed by atoms with E-state index in [1.54, 1.807) is 0 Å². The fraction of sp³-hybridized carbons (Fsp3) is 0.571. The number of benzene rings is 1. The number of nitrogens with zero attached hydrogens (tertiary/aromatic N) is 1.